The molecule has 1 amide bonds. The van der Waals surface area contributed by atoms with Crippen LogP contribution in [0, 0.1) is 10.1 Å². The van der Waals surface area contributed by atoms with E-state index in [4.69, 9.17) is 4.74 Å². The van der Waals surface area contributed by atoms with Crippen molar-refractivity contribution in [3.63, 3.8) is 0 Å². The van der Waals surface area contributed by atoms with Crippen LogP contribution in [0.15, 0.2) is 18.2 Å². The average Bonchev–Trinajstić information content (AvgIpc) is 2.83. The Morgan fingerprint density at radius 1 is 1.58 bits per heavy atom. The van der Waals surface area contributed by atoms with E-state index in [9.17, 15) is 14.9 Å². The van der Waals surface area contributed by atoms with Crippen molar-refractivity contribution in [2.75, 3.05) is 20.2 Å². The Kier molecular flexibility index (Phi) is 4.04. The molecule has 1 saturated heterocycles. The Bertz CT molecular complexity index is 520. The van der Waals surface area contributed by atoms with Gasteiger partial charge < -0.3 is 9.64 Å². The standard InChI is InChI=1S/C12H13BrN2O4/c1-19-11-3-2-8(6-10(11)15(17)18)12(16)14-5-4-9(13)7-14/h2-3,6,9H,4-5,7H2,1H3. The molecule has 0 aromatic heterocycles. The number of ether oxygens (including phenoxy) is 1. The molecule has 1 aromatic rings. The molecule has 0 spiro atoms. The molecule has 1 unspecified atom stereocenters. The molecule has 0 radical (unpaired) electrons. The number of nitro benzene ring substituents is 1. The van der Waals surface area contributed by atoms with Crippen molar-refractivity contribution < 1.29 is 14.5 Å². The fraction of sp³-hybridized carbons (Fsp3) is 0.417. The summed E-state index contributed by atoms with van der Waals surface area (Å²) in [5.74, 6) is -0.0333. The van der Waals surface area contributed by atoms with Gasteiger partial charge in [0.2, 0.25) is 0 Å². The lowest BCUT2D eigenvalue weighted by atomic mass is 10.1. The molecule has 2 rings (SSSR count). The van der Waals surface area contributed by atoms with Gasteiger partial charge in [0.1, 0.15) is 0 Å². The highest BCUT2D eigenvalue weighted by molar-refractivity contribution is 9.09. The van der Waals surface area contributed by atoms with Gasteiger partial charge >= 0.3 is 5.69 Å². The zero-order valence-electron chi connectivity index (χ0n) is 10.3. The van der Waals surface area contributed by atoms with Gasteiger partial charge in [-0.05, 0) is 18.6 Å². The van der Waals surface area contributed by atoms with Gasteiger partial charge in [-0.3, -0.25) is 14.9 Å². The number of methoxy groups -OCH3 is 1. The van der Waals surface area contributed by atoms with E-state index in [0.717, 1.165) is 6.42 Å². The maximum absolute atomic E-state index is 12.2. The smallest absolute Gasteiger partial charge is 0.311 e. The number of rotatable bonds is 3. The Hall–Kier alpha value is -1.63. The number of carbonyl (C=O) groups excluding carboxylic acids is 1. The lowest BCUT2D eigenvalue weighted by Gasteiger charge is -2.15. The Balaban J connectivity index is 2.28. The normalized spacial score (nSPS) is 18.4. The van der Waals surface area contributed by atoms with E-state index in [1.54, 1.807) is 11.0 Å². The second-order valence-electron chi connectivity index (χ2n) is 4.28. The van der Waals surface area contributed by atoms with Gasteiger partial charge in [-0.15, -0.1) is 0 Å². The van der Waals surface area contributed by atoms with Gasteiger partial charge in [0.25, 0.3) is 5.91 Å². The Morgan fingerprint density at radius 2 is 2.32 bits per heavy atom. The topological polar surface area (TPSA) is 72.7 Å². The van der Waals surface area contributed by atoms with Crippen molar-refractivity contribution >= 4 is 27.5 Å². The first-order valence-electron chi connectivity index (χ1n) is 5.78. The fourth-order valence-corrected chi connectivity index (χ4v) is 2.60. The van der Waals surface area contributed by atoms with E-state index < -0.39 is 4.92 Å². The molecule has 6 nitrogen and oxygen atoms in total. The zero-order valence-corrected chi connectivity index (χ0v) is 11.9. The molecule has 7 heteroatoms. The lowest BCUT2D eigenvalue weighted by molar-refractivity contribution is -0.385. The number of alkyl halides is 1. The van der Waals surface area contributed by atoms with E-state index in [1.807, 2.05) is 0 Å². The SMILES string of the molecule is COc1ccc(C(=O)N2CCC(Br)C2)cc1[N+](=O)[O-]. The summed E-state index contributed by atoms with van der Waals surface area (Å²) in [4.78, 5) is 24.6. The molecule has 1 heterocycles. The number of amides is 1. The molecule has 1 fully saturated rings. The zero-order chi connectivity index (χ0) is 14.0. The maximum atomic E-state index is 12.2. The lowest BCUT2D eigenvalue weighted by Crippen LogP contribution is -2.28. The summed E-state index contributed by atoms with van der Waals surface area (Å²) in [6.07, 6.45) is 0.893. The van der Waals surface area contributed by atoms with E-state index in [1.165, 1.54) is 19.2 Å². The quantitative estimate of drug-likeness (QED) is 0.484. The minimum Gasteiger partial charge on any atom is -0.490 e. The van der Waals surface area contributed by atoms with Crippen LogP contribution in [0.2, 0.25) is 0 Å². The molecule has 19 heavy (non-hydrogen) atoms. The largest absolute Gasteiger partial charge is 0.490 e. The Morgan fingerprint density at radius 3 is 2.84 bits per heavy atom. The number of hydrogen-bond acceptors (Lipinski definition) is 4. The highest BCUT2D eigenvalue weighted by Crippen LogP contribution is 2.28. The van der Waals surface area contributed by atoms with Crippen molar-refractivity contribution in [3.05, 3.63) is 33.9 Å². The third kappa shape index (κ3) is 2.86. The van der Waals surface area contributed by atoms with Crippen LogP contribution < -0.4 is 4.74 Å². The van der Waals surface area contributed by atoms with Crippen LogP contribution in [0.5, 0.6) is 5.75 Å². The summed E-state index contributed by atoms with van der Waals surface area (Å²) >= 11 is 3.46. The van der Waals surface area contributed by atoms with Crippen molar-refractivity contribution in [2.24, 2.45) is 0 Å². The van der Waals surface area contributed by atoms with Gasteiger partial charge in [-0.1, -0.05) is 15.9 Å². The summed E-state index contributed by atoms with van der Waals surface area (Å²) in [5, 5.41) is 10.9. The summed E-state index contributed by atoms with van der Waals surface area (Å²) in [6.45, 7) is 1.28. The second kappa shape index (κ2) is 5.56. The van der Waals surface area contributed by atoms with Gasteiger partial charge in [-0.2, -0.15) is 0 Å². The van der Waals surface area contributed by atoms with Crippen LogP contribution in [0.4, 0.5) is 5.69 Å². The van der Waals surface area contributed by atoms with Crippen molar-refractivity contribution in [1.82, 2.24) is 4.90 Å². The second-order valence-corrected chi connectivity index (χ2v) is 5.58. The predicted molar refractivity (Wildman–Crippen MR) is 72.9 cm³/mol. The first-order valence-corrected chi connectivity index (χ1v) is 6.70. The summed E-state index contributed by atoms with van der Waals surface area (Å²) < 4.78 is 4.91. The molecule has 0 bridgehead atoms. The highest BCUT2D eigenvalue weighted by Gasteiger charge is 2.27. The maximum Gasteiger partial charge on any atom is 0.311 e. The number of benzene rings is 1. The summed E-state index contributed by atoms with van der Waals surface area (Å²) in [6, 6.07) is 4.27. The van der Waals surface area contributed by atoms with Crippen molar-refractivity contribution in [1.29, 1.82) is 0 Å². The minimum absolute atomic E-state index is 0.154. The van der Waals surface area contributed by atoms with E-state index in [2.05, 4.69) is 15.9 Å². The van der Waals surface area contributed by atoms with Crippen LogP contribution >= 0.6 is 15.9 Å². The van der Waals surface area contributed by atoms with Crippen LogP contribution in [0.3, 0.4) is 0 Å². The molecule has 0 saturated carbocycles. The third-order valence-electron chi connectivity index (χ3n) is 3.04. The number of likely N-dealkylation sites (tertiary alicyclic amines) is 1. The fourth-order valence-electron chi connectivity index (χ4n) is 2.05. The van der Waals surface area contributed by atoms with Crippen LogP contribution in [0.25, 0.3) is 0 Å². The van der Waals surface area contributed by atoms with Crippen LogP contribution in [0.1, 0.15) is 16.8 Å². The molecule has 0 aliphatic carbocycles. The van der Waals surface area contributed by atoms with Crippen LogP contribution in [-0.2, 0) is 0 Å². The molecule has 1 aliphatic rings. The van der Waals surface area contributed by atoms with Crippen molar-refractivity contribution in [2.45, 2.75) is 11.2 Å². The number of hydrogen-bond donors (Lipinski definition) is 0. The average molecular weight is 329 g/mol. The molecule has 1 atom stereocenters. The van der Waals surface area contributed by atoms with Gasteiger partial charge in [0.05, 0.1) is 12.0 Å². The number of nitro groups is 1. The Labute approximate surface area is 118 Å². The molecular weight excluding hydrogens is 316 g/mol. The number of nitrogens with zero attached hydrogens (tertiary/aromatic N) is 2. The summed E-state index contributed by atoms with van der Waals surface area (Å²) in [7, 11) is 1.36. The van der Waals surface area contributed by atoms with E-state index in [0.29, 0.717) is 23.5 Å². The minimum atomic E-state index is -0.549. The van der Waals surface area contributed by atoms with Crippen LogP contribution in [-0.4, -0.2) is 40.8 Å². The van der Waals surface area contributed by atoms with Gasteiger partial charge in [-0.25, -0.2) is 0 Å². The van der Waals surface area contributed by atoms with Crippen molar-refractivity contribution in [3.8, 4) is 5.75 Å². The van der Waals surface area contributed by atoms with Gasteiger partial charge in [0.15, 0.2) is 5.75 Å². The highest BCUT2D eigenvalue weighted by atomic mass is 79.9. The van der Waals surface area contributed by atoms with E-state index >= 15 is 0 Å². The molecule has 102 valence electrons. The first-order chi connectivity index (χ1) is 9.02. The first kappa shape index (κ1) is 13.8. The monoisotopic (exact) mass is 328 g/mol. The number of carbonyl (C=O) groups is 1. The molecule has 1 aliphatic heterocycles. The number of halogens is 1. The molecular formula is C12H13BrN2O4. The third-order valence-corrected chi connectivity index (χ3v) is 3.79. The summed E-state index contributed by atoms with van der Waals surface area (Å²) in [5.41, 5.74) is 0.122. The van der Waals surface area contributed by atoms with E-state index in [-0.39, 0.29) is 17.3 Å². The molecule has 1 aromatic carbocycles. The predicted octanol–water partition coefficient (Wildman–Crippen LogP) is 2.21. The molecule has 0 N–H and O–H groups in total. The van der Waals surface area contributed by atoms with Gasteiger partial charge in [0, 0.05) is 29.5 Å².